The van der Waals surface area contributed by atoms with Gasteiger partial charge in [0.15, 0.2) is 0 Å². The van der Waals surface area contributed by atoms with Crippen molar-refractivity contribution in [2.45, 2.75) is 13.3 Å². The van der Waals surface area contributed by atoms with Crippen molar-refractivity contribution >= 4 is 35.1 Å². The number of rotatable bonds is 1. The maximum absolute atomic E-state index is 3.64. The summed E-state index contributed by atoms with van der Waals surface area (Å²) in [4.78, 5) is 14.2. The molecule has 0 spiro atoms. The molecule has 4 heteroatoms. The standard InChI is InChI=1S/C26H22N4/c1-2-16-11-21-13-19-8-7-17(27-19)12-18-9-10-20(28-18)14-25-22-5-3-4-6-23(22)26(30-25)15-24(16)29-21/h3-15,27-30H,2H2,1H3. The summed E-state index contributed by atoms with van der Waals surface area (Å²) in [5, 5.41) is 6.83. The molecule has 1 aromatic carbocycles. The van der Waals surface area contributed by atoms with E-state index in [0.717, 1.165) is 50.6 Å². The van der Waals surface area contributed by atoms with E-state index in [1.807, 2.05) is 0 Å². The highest BCUT2D eigenvalue weighted by molar-refractivity contribution is 5.95. The van der Waals surface area contributed by atoms with E-state index < -0.39 is 0 Å². The van der Waals surface area contributed by atoms with Crippen molar-refractivity contribution in [1.29, 1.82) is 0 Å². The van der Waals surface area contributed by atoms with Crippen LogP contribution in [0.4, 0.5) is 0 Å². The summed E-state index contributed by atoms with van der Waals surface area (Å²) in [6.07, 6.45) is 9.67. The molecule has 0 unspecified atom stereocenters. The first-order valence-electron chi connectivity index (χ1n) is 10.3. The van der Waals surface area contributed by atoms with Crippen LogP contribution in [0.5, 0.6) is 0 Å². The average molecular weight is 390 g/mol. The number of aryl methyl sites for hydroxylation is 1. The predicted molar refractivity (Wildman–Crippen MR) is 123 cm³/mol. The minimum atomic E-state index is 0.975. The van der Waals surface area contributed by atoms with Crippen LogP contribution in [-0.4, -0.2) is 19.9 Å². The van der Waals surface area contributed by atoms with Crippen LogP contribution >= 0.6 is 0 Å². The fourth-order valence-corrected chi connectivity index (χ4v) is 4.33. The number of H-pyrrole nitrogens is 4. The van der Waals surface area contributed by atoms with E-state index in [1.54, 1.807) is 0 Å². The van der Waals surface area contributed by atoms with Crippen molar-refractivity contribution in [2.24, 2.45) is 0 Å². The first-order chi connectivity index (χ1) is 14.7. The molecule has 146 valence electrons. The second-order valence-corrected chi connectivity index (χ2v) is 7.83. The van der Waals surface area contributed by atoms with Crippen LogP contribution in [0.25, 0.3) is 35.1 Å². The van der Waals surface area contributed by atoms with Gasteiger partial charge in [0.05, 0.1) is 0 Å². The first kappa shape index (κ1) is 17.0. The SMILES string of the molecule is CCc1cc2[nH]c1=Cc1[nH]c(c3ccccc13)C=c1ccc([nH]1)=Cc1ccc([nH]1)C=2. The van der Waals surface area contributed by atoms with Gasteiger partial charge in [-0.3, -0.25) is 0 Å². The number of benzene rings is 1. The van der Waals surface area contributed by atoms with Gasteiger partial charge in [0, 0.05) is 54.9 Å². The molecule has 5 heterocycles. The fourth-order valence-electron chi connectivity index (χ4n) is 4.33. The zero-order chi connectivity index (χ0) is 20.1. The molecule has 0 aliphatic carbocycles. The topological polar surface area (TPSA) is 63.2 Å². The zero-order valence-corrected chi connectivity index (χ0v) is 16.7. The monoisotopic (exact) mass is 390 g/mol. The van der Waals surface area contributed by atoms with Gasteiger partial charge in [-0.25, -0.2) is 0 Å². The summed E-state index contributed by atoms with van der Waals surface area (Å²) in [7, 11) is 0. The van der Waals surface area contributed by atoms with Gasteiger partial charge in [-0.05, 0) is 66.6 Å². The van der Waals surface area contributed by atoms with E-state index >= 15 is 0 Å². The van der Waals surface area contributed by atoms with Crippen molar-refractivity contribution < 1.29 is 0 Å². The summed E-state index contributed by atoms with van der Waals surface area (Å²) in [6.45, 7) is 2.20. The number of aromatic nitrogens is 4. The van der Waals surface area contributed by atoms with Gasteiger partial charge in [-0.2, -0.15) is 0 Å². The molecule has 0 fully saturated rings. The minimum Gasteiger partial charge on any atom is -0.355 e. The number of aromatic amines is 4. The Labute approximate surface area is 173 Å². The highest BCUT2D eigenvalue weighted by atomic mass is 14.8. The molecule has 1 aliphatic heterocycles. The highest BCUT2D eigenvalue weighted by Gasteiger charge is 2.08. The van der Waals surface area contributed by atoms with Gasteiger partial charge >= 0.3 is 0 Å². The molecule has 4 aromatic heterocycles. The van der Waals surface area contributed by atoms with Gasteiger partial charge in [-0.15, -0.1) is 0 Å². The third-order valence-electron chi connectivity index (χ3n) is 5.79. The summed E-state index contributed by atoms with van der Waals surface area (Å²) in [6, 6.07) is 19.2. The van der Waals surface area contributed by atoms with Crippen molar-refractivity contribution in [2.75, 3.05) is 0 Å². The van der Waals surface area contributed by atoms with E-state index in [2.05, 4.69) is 106 Å². The van der Waals surface area contributed by atoms with Gasteiger partial charge in [0.25, 0.3) is 0 Å². The van der Waals surface area contributed by atoms with Crippen LogP contribution in [-0.2, 0) is 6.42 Å². The molecule has 1 aliphatic rings. The van der Waals surface area contributed by atoms with Crippen LogP contribution in [0.3, 0.4) is 0 Å². The van der Waals surface area contributed by atoms with E-state index in [-0.39, 0.29) is 0 Å². The van der Waals surface area contributed by atoms with Crippen molar-refractivity contribution in [1.82, 2.24) is 19.9 Å². The van der Waals surface area contributed by atoms with Crippen LogP contribution in [0.1, 0.15) is 35.3 Å². The average Bonchev–Trinajstić information content (AvgIpc) is 3.52. The Hall–Kier alpha value is -3.92. The highest BCUT2D eigenvalue weighted by Crippen LogP contribution is 2.23. The fraction of sp³-hybridized carbons (Fsp3) is 0.0769. The Morgan fingerprint density at radius 2 is 1.27 bits per heavy atom. The Balaban J connectivity index is 1.73. The van der Waals surface area contributed by atoms with E-state index in [1.165, 1.54) is 16.3 Å². The minimum absolute atomic E-state index is 0.975. The van der Waals surface area contributed by atoms with Crippen LogP contribution in [0.2, 0.25) is 0 Å². The third kappa shape index (κ3) is 2.85. The number of hydrogen-bond donors (Lipinski definition) is 4. The Bertz CT molecular complexity index is 1630. The molecule has 8 bridgehead atoms. The molecule has 0 atom stereocenters. The second-order valence-electron chi connectivity index (χ2n) is 7.83. The quantitative estimate of drug-likeness (QED) is 0.333. The van der Waals surface area contributed by atoms with Crippen LogP contribution < -0.4 is 21.4 Å². The molecule has 4 nitrogen and oxygen atoms in total. The second kappa shape index (κ2) is 6.56. The van der Waals surface area contributed by atoms with Gasteiger partial charge in [-0.1, -0.05) is 31.2 Å². The van der Waals surface area contributed by atoms with E-state index in [4.69, 9.17) is 0 Å². The molecule has 0 saturated carbocycles. The molecular formula is C26H22N4. The van der Waals surface area contributed by atoms with Gasteiger partial charge < -0.3 is 19.9 Å². The van der Waals surface area contributed by atoms with Crippen molar-refractivity contribution in [3.05, 3.63) is 104 Å². The number of nitrogens with one attached hydrogen (secondary N) is 4. The summed E-state index contributed by atoms with van der Waals surface area (Å²) < 4.78 is 0. The third-order valence-corrected chi connectivity index (χ3v) is 5.79. The molecule has 0 amide bonds. The zero-order valence-electron chi connectivity index (χ0n) is 16.7. The molecule has 6 rings (SSSR count). The number of fused-ring (bicyclic) bond motifs is 11. The molecule has 0 radical (unpaired) electrons. The lowest BCUT2D eigenvalue weighted by Crippen LogP contribution is -2.12. The first-order valence-corrected chi connectivity index (χ1v) is 10.3. The number of hydrogen-bond acceptors (Lipinski definition) is 0. The lowest BCUT2D eigenvalue weighted by Gasteiger charge is -1.92. The van der Waals surface area contributed by atoms with Crippen molar-refractivity contribution in [3.63, 3.8) is 0 Å². The molecule has 0 saturated heterocycles. The molecular weight excluding hydrogens is 368 g/mol. The summed E-state index contributed by atoms with van der Waals surface area (Å²) >= 11 is 0. The Morgan fingerprint density at radius 1 is 0.600 bits per heavy atom. The lowest BCUT2D eigenvalue weighted by molar-refractivity contribution is 1.11. The summed E-state index contributed by atoms with van der Waals surface area (Å²) in [5.74, 6) is 0. The Kier molecular flexibility index (Phi) is 3.71. The smallest absolute Gasteiger partial charge is 0.0485 e. The summed E-state index contributed by atoms with van der Waals surface area (Å²) in [5.41, 5.74) is 5.68. The normalized spacial score (nSPS) is 12.7. The van der Waals surface area contributed by atoms with Gasteiger partial charge in [0.1, 0.15) is 0 Å². The largest absolute Gasteiger partial charge is 0.355 e. The molecule has 4 N–H and O–H groups in total. The van der Waals surface area contributed by atoms with Crippen LogP contribution in [0.15, 0.2) is 54.6 Å². The van der Waals surface area contributed by atoms with Gasteiger partial charge in [0.2, 0.25) is 0 Å². The van der Waals surface area contributed by atoms with Crippen LogP contribution in [0, 0.1) is 0 Å². The van der Waals surface area contributed by atoms with E-state index in [0.29, 0.717) is 0 Å². The molecule has 30 heavy (non-hydrogen) atoms. The van der Waals surface area contributed by atoms with E-state index in [9.17, 15) is 0 Å². The molecule has 5 aromatic rings. The predicted octanol–water partition coefficient (Wildman–Crippen LogP) is 2.34. The Morgan fingerprint density at radius 3 is 2.00 bits per heavy atom. The lowest BCUT2D eigenvalue weighted by atomic mass is 10.1. The van der Waals surface area contributed by atoms with Crippen molar-refractivity contribution in [3.8, 4) is 0 Å². The maximum atomic E-state index is 3.64. The maximum Gasteiger partial charge on any atom is 0.0485 e.